The summed E-state index contributed by atoms with van der Waals surface area (Å²) in [6.45, 7) is 8.15. The van der Waals surface area contributed by atoms with Crippen LogP contribution in [0.1, 0.15) is 32.8 Å². The van der Waals surface area contributed by atoms with Gasteiger partial charge in [-0.05, 0) is 40.2 Å². The summed E-state index contributed by atoms with van der Waals surface area (Å²) in [5.74, 6) is 0.350. The molecule has 1 fully saturated rings. The molecule has 0 radical (unpaired) electrons. The second-order valence-electron chi connectivity index (χ2n) is 6.64. The summed E-state index contributed by atoms with van der Waals surface area (Å²) in [5, 5.41) is 14.1. The van der Waals surface area contributed by atoms with Gasteiger partial charge in [0.25, 0.3) is 0 Å². The van der Waals surface area contributed by atoms with E-state index in [-0.39, 0.29) is 11.7 Å². The maximum atomic E-state index is 11.8. The first-order chi connectivity index (χ1) is 10.7. The van der Waals surface area contributed by atoms with Crippen LogP contribution in [0.4, 0.5) is 16.3 Å². The molecule has 1 aromatic heterocycles. The van der Waals surface area contributed by atoms with Gasteiger partial charge in [0.15, 0.2) is 0 Å². The number of pyridine rings is 1. The van der Waals surface area contributed by atoms with Crippen LogP contribution >= 0.6 is 0 Å². The Labute approximate surface area is 135 Å². The number of hydrogen-bond acceptors (Lipinski definition) is 6. The zero-order valence-electron chi connectivity index (χ0n) is 13.8. The minimum absolute atomic E-state index is 0.0189. The number of nitrogens with one attached hydrogen (secondary N) is 1. The summed E-state index contributed by atoms with van der Waals surface area (Å²) in [4.78, 5) is 28.6. The molecule has 0 unspecified atom stereocenters. The number of carbonyl (C=O) groups is 1. The zero-order chi connectivity index (χ0) is 17.2. The molecule has 1 aliphatic heterocycles. The van der Waals surface area contributed by atoms with Crippen molar-refractivity contribution in [3.63, 3.8) is 0 Å². The van der Waals surface area contributed by atoms with E-state index in [1.54, 1.807) is 40.0 Å². The number of carbonyl (C=O) groups excluding carboxylic acids is 1. The van der Waals surface area contributed by atoms with Crippen molar-refractivity contribution in [3.05, 3.63) is 27.9 Å². The number of alkyl carbamates (subject to hydrolysis) is 1. The molecule has 0 bridgehead atoms. The summed E-state index contributed by atoms with van der Waals surface area (Å²) in [6, 6.07) is 1.50. The van der Waals surface area contributed by atoms with Crippen molar-refractivity contribution in [3.8, 4) is 0 Å². The molecule has 0 aromatic carbocycles. The van der Waals surface area contributed by atoms with Gasteiger partial charge >= 0.3 is 11.8 Å². The molecule has 8 nitrogen and oxygen atoms in total. The van der Waals surface area contributed by atoms with Crippen LogP contribution in [0.25, 0.3) is 0 Å². The number of hydrogen-bond donors (Lipinski definition) is 1. The van der Waals surface area contributed by atoms with Crippen molar-refractivity contribution >= 4 is 17.6 Å². The first-order valence-electron chi connectivity index (χ1n) is 7.52. The molecular formula is C15H22N4O4. The fraction of sp³-hybridized carbons (Fsp3) is 0.600. The first kappa shape index (κ1) is 17.0. The van der Waals surface area contributed by atoms with Gasteiger partial charge in [0.1, 0.15) is 5.60 Å². The van der Waals surface area contributed by atoms with E-state index in [0.717, 1.165) is 0 Å². The SMILES string of the molecule is Cc1ccnc(N2CC[C@H](NC(=O)OC(C)(C)C)C2)c1[N+](=O)[O-]. The van der Waals surface area contributed by atoms with E-state index < -0.39 is 16.6 Å². The van der Waals surface area contributed by atoms with Crippen LogP contribution in [-0.2, 0) is 4.74 Å². The number of ether oxygens (including phenoxy) is 1. The molecule has 1 amide bonds. The Morgan fingerprint density at radius 3 is 2.83 bits per heavy atom. The first-order valence-corrected chi connectivity index (χ1v) is 7.52. The van der Waals surface area contributed by atoms with Crippen LogP contribution in [-0.4, -0.2) is 40.7 Å². The average molecular weight is 322 g/mol. The van der Waals surface area contributed by atoms with Gasteiger partial charge in [0, 0.05) is 24.8 Å². The molecule has 0 saturated carbocycles. The lowest BCUT2D eigenvalue weighted by Crippen LogP contribution is -2.40. The van der Waals surface area contributed by atoms with Gasteiger partial charge in [-0.15, -0.1) is 0 Å². The quantitative estimate of drug-likeness (QED) is 0.678. The number of nitro groups is 1. The molecule has 0 aliphatic carbocycles. The normalized spacial score (nSPS) is 17.9. The van der Waals surface area contributed by atoms with Crippen molar-refractivity contribution < 1.29 is 14.5 Å². The van der Waals surface area contributed by atoms with Crippen molar-refractivity contribution in [2.24, 2.45) is 0 Å². The molecular weight excluding hydrogens is 300 g/mol. The highest BCUT2D eigenvalue weighted by molar-refractivity contribution is 5.69. The minimum atomic E-state index is -0.556. The highest BCUT2D eigenvalue weighted by Gasteiger charge is 2.31. The summed E-state index contributed by atoms with van der Waals surface area (Å²) in [6.07, 6.45) is 1.77. The predicted molar refractivity (Wildman–Crippen MR) is 85.6 cm³/mol. The molecule has 1 aliphatic rings. The molecule has 2 rings (SSSR count). The summed E-state index contributed by atoms with van der Waals surface area (Å²) in [7, 11) is 0. The molecule has 126 valence electrons. The van der Waals surface area contributed by atoms with Gasteiger partial charge in [0.2, 0.25) is 5.82 Å². The lowest BCUT2D eigenvalue weighted by Gasteiger charge is -2.22. The van der Waals surface area contributed by atoms with Crippen LogP contribution in [0.5, 0.6) is 0 Å². The van der Waals surface area contributed by atoms with Crippen LogP contribution in [0.3, 0.4) is 0 Å². The maximum Gasteiger partial charge on any atom is 0.407 e. The van der Waals surface area contributed by atoms with Gasteiger partial charge in [-0.25, -0.2) is 9.78 Å². The molecule has 1 aromatic rings. The van der Waals surface area contributed by atoms with Crippen LogP contribution in [0, 0.1) is 17.0 Å². The van der Waals surface area contributed by atoms with E-state index in [4.69, 9.17) is 4.74 Å². The van der Waals surface area contributed by atoms with E-state index in [2.05, 4.69) is 10.3 Å². The molecule has 8 heteroatoms. The van der Waals surface area contributed by atoms with Crippen molar-refractivity contribution in [2.75, 3.05) is 18.0 Å². The van der Waals surface area contributed by atoms with E-state index in [1.165, 1.54) is 0 Å². The monoisotopic (exact) mass is 322 g/mol. The number of amides is 1. The lowest BCUT2D eigenvalue weighted by molar-refractivity contribution is -0.384. The molecule has 0 spiro atoms. The number of aryl methyl sites for hydroxylation is 1. The van der Waals surface area contributed by atoms with Gasteiger partial charge in [-0.3, -0.25) is 10.1 Å². The fourth-order valence-corrected chi connectivity index (χ4v) is 2.54. The van der Waals surface area contributed by atoms with Crippen LogP contribution in [0.15, 0.2) is 12.3 Å². The van der Waals surface area contributed by atoms with Crippen LogP contribution < -0.4 is 10.2 Å². The molecule has 1 atom stereocenters. The third kappa shape index (κ3) is 4.30. The summed E-state index contributed by atoms with van der Waals surface area (Å²) in [5.41, 5.74) is 0.0353. The Hall–Kier alpha value is -2.38. The minimum Gasteiger partial charge on any atom is -0.444 e. The average Bonchev–Trinajstić information content (AvgIpc) is 2.83. The van der Waals surface area contributed by atoms with Gasteiger partial charge in [-0.2, -0.15) is 0 Å². The Morgan fingerprint density at radius 1 is 1.52 bits per heavy atom. The largest absolute Gasteiger partial charge is 0.444 e. The Bertz CT molecular complexity index is 612. The topological polar surface area (TPSA) is 97.6 Å². The number of anilines is 1. The number of nitrogens with zero attached hydrogens (tertiary/aromatic N) is 3. The second-order valence-corrected chi connectivity index (χ2v) is 6.64. The predicted octanol–water partition coefficient (Wildman–Crippen LogP) is 2.40. The number of aromatic nitrogens is 1. The van der Waals surface area contributed by atoms with Gasteiger partial charge < -0.3 is 15.0 Å². The fourth-order valence-electron chi connectivity index (χ4n) is 2.54. The van der Waals surface area contributed by atoms with E-state index in [9.17, 15) is 14.9 Å². The maximum absolute atomic E-state index is 11.8. The van der Waals surface area contributed by atoms with Crippen molar-refractivity contribution in [1.29, 1.82) is 0 Å². The van der Waals surface area contributed by atoms with Crippen LogP contribution in [0.2, 0.25) is 0 Å². The van der Waals surface area contributed by atoms with Crippen molar-refractivity contribution in [1.82, 2.24) is 10.3 Å². The highest BCUT2D eigenvalue weighted by Crippen LogP contribution is 2.31. The van der Waals surface area contributed by atoms with E-state index in [0.29, 0.717) is 30.9 Å². The summed E-state index contributed by atoms with van der Waals surface area (Å²) < 4.78 is 5.23. The van der Waals surface area contributed by atoms with E-state index in [1.807, 2.05) is 4.90 Å². The second kappa shape index (κ2) is 6.39. The van der Waals surface area contributed by atoms with Crippen molar-refractivity contribution in [2.45, 2.75) is 45.8 Å². The standard InChI is InChI=1S/C15H22N4O4/c1-10-5-7-16-13(12(10)19(21)22)18-8-6-11(9-18)17-14(20)23-15(2,3)4/h5,7,11H,6,8-9H2,1-4H3,(H,17,20)/t11-/m0/s1. The lowest BCUT2D eigenvalue weighted by atomic mass is 10.2. The smallest absolute Gasteiger partial charge is 0.407 e. The molecule has 1 saturated heterocycles. The van der Waals surface area contributed by atoms with Gasteiger partial charge in [-0.1, -0.05) is 0 Å². The Kier molecular flexibility index (Phi) is 4.72. The summed E-state index contributed by atoms with van der Waals surface area (Å²) >= 11 is 0. The van der Waals surface area contributed by atoms with E-state index >= 15 is 0 Å². The molecule has 23 heavy (non-hydrogen) atoms. The third-order valence-corrected chi connectivity index (χ3v) is 3.50. The highest BCUT2D eigenvalue weighted by atomic mass is 16.6. The zero-order valence-corrected chi connectivity index (χ0v) is 13.8. The third-order valence-electron chi connectivity index (χ3n) is 3.50. The number of rotatable bonds is 3. The van der Waals surface area contributed by atoms with Gasteiger partial charge in [0.05, 0.1) is 11.0 Å². The molecule has 2 heterocycles. The Balaban J connectivity index is 2.05. The Morgan fingerprint density at radius 2 is 2.22 bits per heavy atom. The molecule has 1 N–H and O–H groups in total.